The number of benzene rings is 2. The second kappa shape index (κ2) is 17.8. The smallest absolute Gasteiger partial charge is 0.0636 e. The van der Waals surface area contributed by atoms with Crippen molar-refractivity contribution in [2.24, 2.45) is 9.98 Å². The van der Waals surface area contributed by atoms with Crippen molar-refractivity contribution in [2.75, 3.05) is 0 Å². The normalized spacial score (nSPS) is 11.7. The Morgan fingerprint density at radius 1 is 0.618 bits per heavy atom. The number of rotatable bonds is 15. The molecule has 34 heavy (non-hydrogen) atoms. The van der Waals surface area contributed by atoms with E-state index < -0.39 is 0 Å². The van der Waals surface area contributed by atoms with Gasteiger partial charge in [-0.1, -0.05) is 65.5 Å². The fourth-order valence-electron chi connectivity index (χ4n) is 4.20. The minimum absolute atomic E-state index is 0. The zero-order valence-corrected chi connectivity index (χ0v) is 23.8. The van der Waals surface area contributed by atoms with Gasteiger partial charge >= 0.3 is 0 Å². The molecule has 190 valence electrons. The quantitative estimate of drug-likeness (QED) is 0.155. The maximum atomic E-state index is 4.86. The molecular formula is C31H46N2Pd. The summed E-state index contributed by atoms with van der Waals surface area (Å²) in [5, 5.41) is 0. The first-order chi connectivity index (χ1) is 16.1. The van der Waals surface area contributed by atoms with E-state index in [-0.39, 0.29) is 20.4 Å². The van der Waals surface area contributed by atoms with Gasteiger partial charge in [0.05, 0.1) is 17.1 Å². The molecule has 0 unspecified atom stereocenters. The van der Waals surface area contributed by atoms with Gasteiger partial charge in [0.15, 0.2) is 0 Å². The van der Waals surface area contributed by atoms with Crippen LogP contribution in [0.4, 0.5) is 11.4 Å². The third-order valence-corrected chi connectivity index (χ3v) is 6.28. The van der Waals surface area contributed by atoms with E-state index in [4.69, 9.17) is 9.98 Å². The molecule has 0 radical (unpaired) electrons. The number of aryl methyl sites for hydroxylation is 4. The Labute approximate surface area is 223 Å². The maximum absolute atomic E-state index is 4.86. The third kappa shape index (κ3) is 10.8. The van der Waals surface area contributed by atoms with Crippen LogP contribution in [0, 0.1) is 0 Å². The van der Waals surface area contributed by atoms with Gasteiger partial charge in [0, 0.05) is 26.6 Å². The van der Waals surface area contributed by atoms with Crippen LogP contribution in [0.15, 0.2) is 46.4 Å². The van der Waals surface area contributed by atoms with Crippen LogP contribution in [0.1, 0.15) is 108 Å². The van der Waals surface area contributed by atoms with Crippen LogP contribution in [-0.4, -0.2) is 11.9 Å². The van der Waals surface area contributed by atoms with Crippen LogP contribution in [0.3, 0.4) is 0 Å². The van der Waals surface area contributed by atoms with Gasteiger partial charge in [-0.05, 0) is 105 Å². The molecule has 2 rings (SSSR count). The minimum atomic E-state index is 0. The van der Waals surface area contributed by atoms with Gasteiger partial charge in [-0.15, -0.1) is 0 Å². The van der Waals surface area contributed by atoms with Crippen LogP contribution < -0.4 is 0 Å². The molecule has 2 aromatic carbocycles. The van der Waals surface area contributed by atoms with Crippen molar-refractivity contribution in [1.82, 2.24) is 0 Å². The molecule has 0 saturated carbocycles. The Kier molecular flexibility index (Phi) is 16.0. The summed E-state index contributed by atoms with van der Waals surface area (Å²) in [4.78, 5) is 9.63. The van der Waals surface area contributed by atoms with E-state index in [0.29, 0.717) is 0 Å². The number of hydrogen-bond acceptors (Lipinski definition) is 2. The average Bonchev–Trinajstić information content (AvgIpc) is 2.83. The Balaban J connectivity index is 0.00000578. The molecule has 3 heteroatoms. The Bertz CT molecular complexity index is 898. The summed E-state index contributed by atoms with van der Waals surface area (Å²) in [5.74, 6) is 0. The van der Waals surface area contributed by atoms with Gasteiger partial charge in [0.2, 0.25) is 0 Å². The van der Waals surface area contributed by atoms with Crippen molar-refractivity contribution in [3.8, 4) is 0 Å². The molecule has 0 atom stereocenters. The Morgan fingerprint density at radius 3 is 1.50 bits per heavy atom. The standard InChI is InChI=1S/C31H46N2.Pd/c1-6-10-14-26-18-20-30(22-28(26)16-12-8-3)32-24-25(5)33-31-21-19-27(15-11-7-2)29(23-31)17-13-9-4;/h18-24H,6-17H2,1-5H3;/b32-24+,33-25+;. The molecule has 2 aromatic rings. The van der Waals surface area contributed by atoms with Crippen molar-refractivity contribution in [2.45, 2.75) is 112 Å². The van der Waals surface area contributed by atoms with Crippen molar-refractivity contribution in [1.29, 1.82) is 0 Å². The molecule has 0 N–H and O–H groups in total. The molecule has 0 fully saturated rings. The molecule has 0 aliphatic carbocycles. The summed E-state index contributed by atoms with van der Waals surface area (Å²) < 4.78 is 0. The summed E-state index contributed by atoms with van der Waals surface area (Å²) in [6.07, 6.45) is 16.5. The van der Waals surface area contributed by atoms with Crippen molar-refractivity contribution >= 4 is 23.3 Å². The van der Waals surface area contributed by atoms with Gasteiger partial charge in [0.25, 0.3) is 0 Å². The molecule has 0 saturated heterocycles. The van der Waals surface area contributed by atoms with Crippen LogP contribution in [0.25, 0.3) is 0 Å². The predicted molar refractivity (Wildman–Crippen MR) is 148 cm³/mol. The molecule has 2 nitrogen and oxygen atoms in total. The SMILES string of the molecule is CCCCc1ccc(/N=C/C(C)=N/c2ccc(CCCC)c(CCCC)c2)cc1CCCC.[Pd]. The van der Waals surface area contributed by atoms with E-state index in [1.807, 2.05) is 13.1 Å². The van der Waals surface area contributed by atoms with Crippen LogP contribution >= 0.6 is 0 Å². The second-order valence-corrected chi connectivity index (χ2v) is 9.33. The Morgan fingerprint density at radius 2 is 1.03 bits per heavy atom. The molecule has 0 heterocycles. The molecule has 0 aliphatic rings. The molecule has 0 aliphatic heterocycles. The fourth-order valence-corrected chi connectivity index (χ4v) is 4.20. The first-order valence-corrected chi connectivity index (χ1v) is 13.4. The van der Waals surface area contributed by atoms with Gasteiger partial charge in [-0.3, -0.25) is 9.98 Å². The number of unbranched alkanes of at least 4 members (excludes halogenated alkanes) is 4. The Hall–Kier alpha value is -1.56. The summed E-state index contributed by atoms with van der Waals surface area (Å²) in [6.45, 7) is 11.1. The first-order valence-electron chi connectivity index (χ1n) is 13.4. The predicted octanol–water partition coefficient (Wildman–Crippen LogP) is 9.55. The average molecular weight is 553 g/mol. The summed E-state index contributed by atoms with van der Waals surface area (Å²) in [6, 6.07) is 13.5. The van der Waals surface area contributed by atoms with E-state index in [1.54, 1.807) is 0 Å². The number of aliphatic imine (C=N–C) groups is 2. The van der Waals surface area contributed by atoms with Crippen LogP contribution in [0.2, 0.25) is 0 Å². The van der Waals surface area contributed by atoms with E-state index in [0.717, 1.165) is 29.9 Å². The van der Waals surface area contributed by atoms with E-state index in [1.165, 1.54) is 86.5 Å². The summed E-state index contributed by atoms with van der Waals surface area (Å²) in [5.41, 5.74) is 8.97. The van der Waals surface area contributed by atoms with Crippen molar-refractivity contribution in [3.05, 3.63) is 58.7 Å². The second-order valence-electron chi connectivity index (χ2n) is 9.33. The monoisotopic (exact) mass is 552 g/mol. The summed E-state index contributed by atoms with van der Waals surface area (Å²) in [7, 11) is 0. The van der Waals surface area contributed by atoms with E-state index in [2.05, 4.69) is 64.1 Å². The maximum Gasteiger partial charge on any atom is 0.0636 e. The number of hydrogen-bond donors (Lipinski definition) is 0. The van der Waals surface area contributed by atoms with Crippen molar-refractivity contribution < 1.29 is 20.4 Å². The van der Waals surface area contributed by atoms with Gasteiger partial charge < -0.3 is 0 Å². The molecule has 0 spiro atoms. The zero-order valence-electron chi connectivity index (χ0n) is 22.2. The first kappa shape index (κ1) is 30.5. The van der Waals surface area contributed by atoms with Gasteiger partial charge in [-0.2, -0.15) is 0 Å². The molecule has 0 aromatic heterocycles. The largest absolute Gasteiger partial charge is 0.255 e. The molecule has 0 amide bonds. The topological polar surface area (TPSA) is 24.7 Å². The van der Waals surface area contributed by atoms with E-state index >= 15 is 0 Å². The third-order valence-electron chi connectivity index (χ3n) is 6.28. The van der Waals surface area contributed by atoms with Crippen LogP contribution in [-0.2, 0) is 46.1 Å². The molecular weight excluding hydrogens is 507 g/mol. The number of nitrogens with zero attached hydrogens (tertiary/aromatic N) is 2. The van der Waals surface area contributed by atoms with Crippen molar-refractivity contribution in [3.63, 3.8) is 0 Å². The zero-order chi connectivity index (χ0) is 23.9. The van der Waals surface area contributed by atoms with Gasteiger partial charge in [0.1, 0.15) is 0 Å². The molecule has 0 bridgehead atoms. The fraction of sp³-hybridized carbons (Fsp3) is 0.548. The van der Waals surface area contributed by atoms with E-state index in [9.17, 15) is 0 Å². The van der Waals surface area contributed by atoms with Gasteiger partial charge in [-0.25, -0.2) is 0 Å². The van der Waals surface area contributed by atoms with Crippen LogP contribution in [0.5, 0.6) is 0 Å². The minimum Gasteiger partial charge on any atom is -0.255 e. The summed E-state index contributed by atoms with van der Waals surface area (Å²) >= 11 is 0.